The number of rotatable bonds is 2. The fourth-order valence-electron chi connectivity index (χ4n) is 1.30. The van der Waals surface area contributed by atoms with Crippen molar-refractivity contribution in [3.05, 3.63) is 0 Å². The Balaban J connectivity index is 2.63. The molecule has 1 saturated heterocycles. The van der Waals surface area contributed by atoms with E-state index in [0.717, 1.165) is 5.06 Å². The van der Waals surface area contributed by atoms with E-state index in [9.17, 15) is 14.4 Å². The summed E-state index contributed by atoms with van der Waals surface area (Å²) in [6.45, 7) is 0. The minimum atomic E-state index is -0.596. The molecule has 0 aromatic rings. The first-order valence-electron chi connectivity index (χ1n) is 4.19. The van der Waals surface area contributed by atoms with E-state index in [0.29, 0.717) is 0 Å². The van der Waals surface area contributed by atoms with Gasteiger partial charge in [-0.3, -0.25) is 24.5 Å². The van der Waals surface area contributed by atoms with Crippen LogP contribution in [0.25, 0.3) is 0 Å². The van der Waals surface area contributed by atoms with E-state index in [4.69, 9.17) is 0 Å². The third-order valence-electron chi connectivity index (χ3n) is 2.08. The maximum absolute atomic E-state index is 11.5. The van der Waals surface area contributed by atoms with Crippen LogP contribution in [0.2, 0.25) is 0 Å². The molecule has 3 amide bonds. The highest BCUT2D eigenvalue weighted by atomic mass is 16.7. The molecule has 0 atom stereocenters. The highest BCUT2D eigenvalue weighted by Gasteiger charge is 2.32. The van der Waals surface area contributed by atoms with Crippen LogP contribution >= 0.6 is 0 Å². The monoisotopic (exact) mass is 200 g/mol. The smallest absolute Gasteiger partial charge is 0.249 e. The number of hydrogen-bond donors (Lipinski definition) is 1. The zero-order chi connectivity index (χ0) is 10.7. The van der Waals surface area contributed by atoms with Gasteiger partial charge in [0.25, 0.3) is 0 Å². The van der Waals surface area contributed by atoms with Crippen LogP contribution in [0.5, 0.6) is 0 Å². The molecule has 14 heavy (non-hydrogen) atoms. The lowest BCUT2D eigenvalue weighted by Gasteiger charge is -2.23. The molecule has 1 heterocycles. The Bertz CT molecular complexity index is 261. The van der Waals surface area contributed by atoms with Gasteiger partial charge < -0.3 is 0 Å². The Morgan fingerprint density at radius 1 is 1.43 bits per heavy atom. The first-order valence-corrected chi connectivity index (χ1v) is 4.19. The second-order valence-corrected chi connectivity index (χ2v) is 3.09. The van der Waals surface area contributed by atoms with Crippen LogP contribution in [0.1, 0.15) is 12.8 Å². The summed E-state index contributed by atoms with van der Waals surface area (Å²) in [5.74, 6) is -1.77. The molecule has 0 aliphatic carbocycles. The third-order valence-corrected chi connectivity index (χ3v) is 2.08. The van der Waals surface area contributed by atoms with Crippen LogP contribution in [0.4, 0.5) is 0 Å². The second kappa shape index (κ2) is 4.19. The van der Waals surface area contributed by atoms with Gasteiger partial charge in [-0.1, -0.05) is 0 Å². The van der Waals surface area contributed by atoms with Crippen molar-refractivity contribution in [2.24, 2.45) is 5.92 Å². The largest absolute Gasteiger partial charge is 0.296 e. The molecule has 0 bridgehead atoms. The molecular formula is C8H12N2O4. The lowest BCUT2D eigenvalue weighted by molar-refractivity contribution is -0.175. The van der Waals surface area contributed by atoms with Crippen molar-refractivity contribution in [2.75, 3.05) is 14.2 Å². The van der Waals surface area contributed by atoms with E-state index in [-0.39, 0.29) is 18.7 Å². The fraction of sp³-hybridized carbons (Fsp3) is 0.625. The van der Waals surface area contributed by atoms with Gasteiger partial charge in [-0.2, -0.15) is 0 Å². The van der Waals surface area contributed by atoms with E-state index in [1.807, 2.05) is 0 Å². The minimum absolute atomic E-state index is 0.0400. The number of carbonyl (C=O) groups is 3. The van der Waals surface area contributed by atoms with Gasteiger partial charge in [-0.05, 0) is 0 Å². The Morgan fingerprint density at radius 3 is 2.36 bits per heavy atom. The highest BCUT2D eigenvalue weighted by Crippen LogP contribution is 2.15. The van der Waals surface area contributed by atoms with E-state index in [1.54, 1.807) is 0 Å². The fourth-order valence-corrected chi connectivity index (χ4v) is 1.30. The summed E-state index contributed by atoms with van der Waals surface area (Å²) in [6, 6.07) is 0. The molecule has 0 radical (unpaired) electrons. The molecule has 1 N–H and O–H groups in total. The molecule has 0 spiro atoms. The summed E-state index contributed by atoms with van der Waals surface area (Å²) < 4.78 is 0. The van der Waals surface area contributed by atoms with Gasteiger partial charge in [0.05, 0.1) is 13.0 Å². The van der Waals surface area contributed by atoms with Crippen molar-refractivity contribution in [1.82, 2.24) is 10.4 Å². The van der Waals surface area contributed by atoms with Gasteiger partial charge in [-0.25, -0.2) is 5.06 Å². The number of carbonyl (C=O) groups excluding carboxylic acids is 3. The van der Waals surface area contributed by atoms with Crippen molar-refractivity contribution in [2.45, 2.75) is 12.8 Å². The number of imide groups is 1. The summed E-state index contributed by atoms with van der Waals surface area (Å²) in [4.78, 5) is 38.1. The maximum atomic E-state index is 11.5. The predicted molar refractivity (Wildman–Crippen MR) is 45.7 cm³/mol. The van der Waals surface area contributed by atoms with Crippen molar-refractivity contribution in [3.8, 4) is 0 Å². The normalized spacial score (nSPS) is 17.9. The van der Waals surface area contributed by atoms with E-state index >= 15 is 0 Å². The van der Waals surface area contributed by atoms with Crippen molar-refractivity contribution < 1.29 is 19.2 Å². The van der Waals surface area contributed by atoms with Gasteiger partial charge in [-0.15, -0.1) is 0 Å². The summed E-state index contributed by atoms with van der Waals surface area (Å²) >= 11 is 0. The Kier molecular flexibility index (Phi) is 3.19. The number of nitrogens with zero attached hydrogens (tertiary/aromatic N) is 1. The van der Waals surface area contributed by atoms with E-state index < -0.39 is 17.7 Å². The van der Waals surface area contributed by atoms with Gasteiger partial charge in [0.15, 0.2) is 0 Å². The van der Waals surface area contributed by atoms with E-state index in [2.05, 4.69) is 10.2 Å². The molecule has 6 heteroatoms. The average molecular weight is 200 g/mol. The molecule has 0 saturated carbocycles. The molecule has 78 valence electrons. The quantitative estimate of drug-likeness (QED) is 0.461. The van der Waals surface area contributed by atoms with Crippen molar-refractivity contribution in [1.29, 1.82) is 0 Å². The predicted octanol–water partition coefficient (Wildman–Crippen LogP) is -0.941. The lowest BCUT2D eigenvalue weighted by Crippen LogP contribution is -2.44. The molecule has 0 unspecified atom stereocenters. The summed E-state index contributed by atoms with van der Waals surface area (Å²) in [5.41, 5.74) is 0. The first kappa shape index (κ1) is 10.6. The van der Waals surface area contributed by atoms with Gasteiger partial charge in [0, 0.05) is 19.9 Å². The zero-order valence-electron chi connectivity index (χ0n) is 8.07. The van der Waals surface area contributed by atoms with Crippen LogP contribution in [0.15, 0.2) is 0 Å². The Labute approximate surface area is 81.1 Å². The number of hydrogen-bond acceptors (Lipinski definition) is 4. The van der Waals surface area contributed by atoms with Crippen LogP contribution in [-0.4, -0.2) is 36.9 Å². The summed E-state index contributed by atoms with van der Waals surface area (Å²) in [6.07, 6.45) is 0.0799. The SMILES string of the molecule is CON(C)C(=O)C1CC(=O)NC(=O)C1. The molecular weight excluding hydrogens is 188 g/mol. The van der Waals surface area contributed by atoms with E-state index in [1.165, 1.54) is 14.2 Å². The molecule has 0 aromatic heterocycles. The van der Waals surface area contributed by atoms with Crippen molar-refractivity contribution >= 4 is 17.7 Å². The minimum Gasteiger partial charge on any atom is -0.296 e. The summed E-state index contributed by atoms with van der Waals surface area (Å²) in [7, 11) is 2.79. The topological polar surface area (TPSA) is 75.7 Å². The molecule has 1 aliphatic heterocycles. The number of hydroxylamine groups is 2. The summed E-state index contributed by atoms with van der Waals surface area (Å²) in [5, 5.41) is 3.16. The lowest BCUT2D eigenvalue weighted by atomic mass is 9.96. The molecule has 0 aromatic carbocycles. The molecule has 1 fully saturated rings. The third kappa shape index (κ3) is 2.29. The van der Waals surface area contributed by atoms with Gasteiger partial charge in [0.1, 0.15) is 0 Å². The number of nitrogens with one attached hydrogen (secondary N) is 1. The number of amides is 3. The molecule has 1 aliphatic rings. The molecule has 1 rings (SSSR count). The van der Waals surface area contributed by atoms with Crippen LogP contribution in [0, 0.1) is 5.92 Å². The highest BCUT2D eigenvalue weighted by molar-refractivity contribution is 6.01. The molecule has 6 nitrogen and oxygen atoms in total. The van der Waals surface area contributed by atoms with Crippen molar-refractivity contribution in [3.63, 3.8) is 0 Å². The van der Waals surface area contributed by atoms with Crippen LogP contribution in [-0.2, 0) is 19.2 Å². The van der Waals surface area contributed by atoms with Crippen LogP contribution in [0.3, 0.4) is 0 Å². The number of piperidine rings is 1. The average Bonchev–Trinajstić information content (AvgIpc) is 2.14. The second-order valence-electron chi connectivity index (χ2n) is 3.09. The maximum Gasteiger partial charge on any atom is 0.249 e. The first-order chi connectivity index (χ1) is 6.54. The Hall–Kier alpha value is -1.43. The van der Waals surface area contributed by atoms with Gasteiger partial charge in [0.2, 0.25) is 17.7 Å². The zero-order valence-corrected chi connectivity index (χ0v) is 8.07. The van der Waals surface area contributed by atoms with Crippen LogP contribution < -0.4 is 5.32 Å². The standard InChI is InChI=1S/C8H12N2O4/c1-10(14-2)8(13)5-3-6(11)9-7(12)4-5/h5H,3-4H2,1-2H3,(H,9,11,12). The Morgan fingerprint density at radius 2 is 1.93 bits per heavy atom. The van der Waals surface area contributed by atoms with Gasteiger partial charge >= 0.3 is 0 Å².